The van der Waals surface area contributed by atoms with Gasteiger partial charge in [0.1, 0.15) is 11.5 Å². The number of aliphatic carboxylic acids is 1. The van der Waals surface area contributed by atoms with Crippen molar-refractivity contribution in [1.82, 2.24) is 9.80 Å². The maximum atomic E-state index is 10.8. The van der Waals surface area contributed by atoms with Crippen LogP contribution in [0.15, 0.2) is 18.2 Å². The first kappa shape index (κ1) is 16.6. The first-order valence-electron chi connectivity index (χ1n) is 7.45. The van der Waals surface area contributed by atoms with Gasteiger partial charge in [0.05, 0.1) is 20.8 Å². The van der Waals surface area contributed by atoms with Gasteiger partial charge in [-0.1, -0.05) is 6.07 Å². The zero-order valence-electron chi connectivity index (χ0n) is 13.4. The number of methoxy groups -OCH3 is 2. The van der Waals surface area contributed by atoms with Crippen molar-refractivity contribution in [3.8, 4) is 11.5 Å². The maximum absolute atomic E-state index is 10.8. The summed E-state index contributed by atoms with van der Waals surface area (Å²) in [5, 5.41) is 8.85. The minimum absolute atomic E-state index is 0.119. The largest absolute Gasteiger partial charge is 0.497 e. The van der Waals surface area contributed by atoms with E-state index in [1.807, 2.05) is 23.1 Å². The molecule has 1 saturated heterocycles. The Morgan fingerprint density at radius 1 is 1.23 bits per heavy atom. The highest BCUT2D eigenvalue weighted by molar-refractivity contribution is 5.69. The molecule has 0 amide bonds. The lowest BCUT2D eigenvalue weighted by Gasteiger charge is -2.37. The Labute approximate surface area is 131 Å². The molecule has 1 aromatic rings. The Kier molecular flexibility index (Phi) is 5.63. The van der Waals surface area contributed by atoms with Crippen molar-refractivity contribution in [1.29, 1.82) is 0 Å². The number of hydrogen-bond acceptors (Lipinski definition) is 5. The molecule has 0 spiro atoms. The second kappa shape index (κ2) is 7.47. The molecule has 0 saturated carbocycles. The highest BCUT2D eigenvalue weighted by Gasteiger charge is 2.24. The average Bonchev–Trinajstić information content (AvgIpc) is 2.53. The number of piperazine rings is 1. The summed E-state index contributed by atoms with van der Waals surface area (Å²) in [6.45, 7) is 5.52. The number of nitrogens with zero attached hydrogens (tertiary/aromatic N) is 2. The summed E-state index contributed by atoms with van der Waals surface area (Å²) >= 11 is 0. The van der Waals surface area contributed by atoms with Crippen LogP contribution in [0.3, 0.4) is 0 Å². The van der Waals surface area contributed by atoms with Crippen LogP contribution in [0.4, 0.5) is 0 Å². The van der Waals surface area contributed by atoms with Crippen LogP contribution in [0.1, 0.15) is 18.5 Å². The molecule has 122 valence electrons. The number of ether oxygens (including phenoxy) is 2. The predicted molar refractivity (Wildman–Crippen MR) is 83.6 cm³/mol. The van der Waals surface area contributed by atoms with Gasteiger partial charge in [-0.15, -0.1) is 0 Å². The number of hydrogen-bond donors (Lipinski definition) is 1. The lowest BCUT2D eigenvalue weighted by molar-refractivity contribution is -0.138. The molecule has 1 fully saturated rings. The molecule has 1 atom stereocenters. The van der Waals surface area contributed by atoms with Crippen LogP contribution < -0.4 is 9.47 Å². The van der Waals surface area contributed by atoms with E-state index in [2.05, 4.69) is 11.8 Å². The molecule has 1 heterocycles. The zero-order chi connectivity index (χ0) is 16.1. The first-order chi connectivity index (χ1) is 10.5. The third-order valence-electron chi connectivity index (χ3n) is 4.20. The maximum Gasteiger partial charge on any atom is 0.317 e. The van der Waals surface area contributed by atoms with Gasteiger partial charge in [-0.25, -0.2) is 0 Å². The van der Waals surface area contributed by atoms with Crippen LogP contribution in [0.5, 0.6) is 11.5 Å². The van der Waals surface area contributed by atoms with Crippen molar-refractivity contribution in [2.75, 3.05) is 46.9 Å². The predicted octanol–water partition coefficient (Wildman–Crippen LogP) is 1.47. The minimum Gasteiger partial charge on any atom is -0.497 e. The molecule has 0 aliphatic carbocycles. The van der Waals surface area contributed by atoms with E-state index in [0.29, 0.717) is 0 Å². The summed E-state index contributed by atoms with van der Waals surface area (Å²) in [6.07, 6.45) is 0. The van der Waals surface area contributed by atoms with E-state index >= 15 is 0 Å². The number of carbonyl (C=O) groups is 1. The first-order valence-corrected chi connectivity index (χ1v) is 7.45. The Bertz CT molecular complexity index is 513. The second-order valence-corrected chi connectivity index (χ2v) is 5.49. The summed E-state index contributed by atoms with van der Waals surface area (Å²) in [5.74, 6) is 0.831. The van der Waals surface area contributed by atoms with Crippen LogP contribution >= 0.6 is 0 Å². The number of rotatable bonds is 6. The molecular formula is C16H24N2O4. The van der Waals surface area contributed by atoms with Gasteiger partial charge in [0.25, 0.3) is 0 Å². The van der Waals surface area contributed by atoms with Crippen LogP contribution in [0.2, 0.25) is 0 Å². The van der Waals surface area contributed by atoms with E-state index < -0.39 is 5.97 Å². The summed E-state index contributed by atoms with van der Waals surface area (Å²) in [7, 11) is 3.30. The SMILES string of the molecule is COc1ccc(C(C)N2CCN(CC(=O)O)CC2)c(OC)c1. The summed E-state index contributed by atoms with van der Waals surface area (Å²) < 4.78 is 10.7. The second-order valence-electron chi connectivity index (χ2n) is 5.49. The van der Waals surface area contributed by atoms with Gasteiger partial charge in [0.2, 0.25) is 0 Å². The molecular weight excluding hydrogens is 284 g/mol. The molecule has 1 N–H and O–H groups in total. The Hall–Kier alpha value is -1.79. The highest BCUT2D eigenvalue weighted by atomic mass is 16.5. The summed E-state index contributed by atoms with van der Waals surface area (Å²) in [4.78, 5) is 15.1. The van der Waals surface area contributed by atoms with E-state index in [-0.39, 0.29) is 12.6 Å². The molecule has 1 aliphatic heterocycles. The van der Waals surface area contributed by atoms with Crippen molar-refractivity contribution in [2.45, 2.75) is 13.0 Å². The van der Waals surface area contributed by atoms with Gasteiger partial charge in [0.15, 0.2) is 0 Å². The highest BCUT2D eigenvalue weighted by Crippen LogP contribution is 2.32. The van der Waals surface area contributed by atoms with E-state index in [1.54, 1.807) is 14.2 Å². The fourth-order valence-electron chi connectivity index (χ4n) is 2.86. The lowest BCUT2D eigenvalue weighted by Crippen LogP contribution is -2.48. The van der Waals surface area contributed by atoms with Crippen molar-refractivity contribution >= 4 is 5.97 Å². The number of carboxylic acid groups (broad SMARTS) is 1. The van der Waals surface area contributed by atoms with Crippen LogP contribution in [-0.4, -0.2) is 67.8 Å². The van der Waals surface area contributed by atoms with Crippen LogP contribution in [-0.2, 0) is 4.79 Å². The Balaban J connectivity index is 2.03. The number of benzene rings is 1. The Morgan fingerprint density at radius 2 is 1.91 bits per heavy atom. The quantitative estimate of drug-likeness (QED) is 0.858. The molecule has 0 radical (unpaired) electrons. The molecule has 2 rings (SSSR count). The van der Waals surface area contributed by atoms with E-state index in [0.717, 1.165) is 43.2 Å². The molecule has 1 unspecified atom stereocenters. The fraction of sp³-hybridized carbons (Fsp3) is 0.562. The van der Waals surface area contributed by atoms with Crippen molar-refractivity contribution in [3.63, 3.8) is 0 Å². The van der Waals surface area contributed by atoms with Crippen molar-refractivity contribution in [2.24, 2.45) is 0 Å². The smallest absolute Gasteiger partial charge is 0.317 e. The molecule has 1 aliphatic rings. The molecule has 6 heteroatoms. The zero-order valence-corrected chi connectivity index (χ0v) is 13.4. The van der Waals surface area contributed by atoms with Crippen molar-refractivity contribution < 1.29 is 19.4 Å². The van der Waals surface area contributed by atoms with Gasteiger partial charge in [-0.05, 0) is 13.0 Å². The normalized spacial score (nSPS) is 18.0. The third kappa shape index (κ3) is 3.90. The average molecular weight is 308 g/mol. The van der Waals surface area contributed by atoms with Gasteiger partial charge in [-0.3, -0.25) is 14.6 Å². The molecule has 22 heavy (non-hydrogen) atoms. The fourth-order valence-corrected chi connectivity index (χ4v) is 2.86. The van der Waals surface area contributed by atoms with Gasteiger partial charge >= 0.3 is 5.97 Å². The minimum atomic E-state index is -0.765. The molecule has 0 bridgehead atoms. The molecule has 0 aromatic heterocycles. The van der Waals surface area contributed by atoms with Crippen molar-refractivity contribution in [3.05, 3.63) is 23.8 Å². The topological polar surface area (TPSA) is 62.2 Å². The Morgan fingerprint density at radius 3 is 2.45 bits per heavy atom. The van der Waals surface area contributed by atoms with Gasteiger partial charge in [0, 0.05) is 43.9 Å². The van der Waals surface area contributed by atoms with E-state index in [4.69, 9.17) is 14.6 Å². The van der Waals surface area contributed by atoms with E-state index in [9.17, 15) is 4.79 Å². The van der Waals surface area contributed by atoms with E-state index in [1.165, 1.54) is 0 Å². The van der Waals surface area contributed by atoms with Crippen LogP contribution in [0.25, 0.3) is 0 Å². The van der Waals surface area contributed by atoms with Gasteiger partial charge < -0.3 is 14.6 Å². The molecule has 1 aromatic carbocycles. The lowest BCUT2D eigenvalue weighted by atomic mass is 10.0. The van der Waals surface area contributed by atoms with Crippen LogP contribution in [0, 0.1) is 0 Å². The summed E-state index contributed by atoms with van der Waals surface area (Å²) in [5.41, 5.74) is 1.12. The molecule has 6 nitrogen and oxygen atoms in total. The van der Waals surface area contributed by atoms with Gasteiger partial charge in [-0.2, -0.15) is 0 Å². The number of carboxylic acids is 1. The monoisotopic (exact) mass is 308 g/mol. The third-order valence-corrected chi connectivity index (χ3v) is 4.20. The summed E-state index contributed by atoms with van der Waals surface area (Å²) in [6, 6.07) is 6.08. The standard InChI is InChI=1S/C16H24N2O4/c1-12(14-5-4-13(21-2)10-15(14)22-3)18-8-6-17(7-9-18)11-16(19)20/h4-5,10,12H,6-9,11H2,1-3H3,(H,19,20).